The minimum Gasteiger partial charge on any atom is -0.469 e. The molecule has 0 fully saturated rings. The molecule has 5 nitrogen and oxygen atoms in total. The first-order valence-corrected chi connectivity index (χ1v) is 6.03. The topological polar surface area (TPSA) is 80.7 Å². The molecule has 0 aliphatic carbocycles. The van der Waals surface area contributed by atoms with Crippen molar-refractivity contribution in [1.82, 2.24) is 15.2 Å². The van der Waals surface area contributed by atoms with Gasteiger partial charge in [0.2, 0.25) is 0 Å². The maximum absolute atomic E-state index is 6.16. The number of aromatic nitrogens is 3. The molecule has 0 spiro atoms. The summed E-state index contributed by atoms with van der Waals surface area (Å²) in [5.74, 6) is 2.04. The van der Waals surface area contributed by atoms with Crippen molar-refractivity contribution in [2.45, 2.75) is 13.0 Å². The van der Waals surface area contributed by atoms with Gasteiger partial charge in [-0.2, -0.15) is 5.10 Å². The van der Waals surface area contributed by atoms with E-state index in [1.54, 1.807) is 6.26 Å². The van der Waals surface area contributed by atoms with Crippen LogP contribution in [0.25, 0.3) is 11.4 Å². The normalized spacial score (nSPS) is 12.5. The quantitative estimate of drug-likeness (QED) is 0.752. The third kappa shape index (κ3) is 2.15. The van der Waals surface area contributed by atoms with Gasteiger partial charge in [-0.15, -0.1) is 0 Å². The second kappa shape index (κ2) is 4.70. The first-order chi connectivity index (χ1) is 9.25. The summed E-state index contributed by atoms with van der Waals surface area (Å²) < 4.78 is 5.25. The highest BCUT2D eigenvalue weighted by Gasteiger charge is 2.16. The molecule has 0 amide bonds. The zero-order chi connectivity index (χ0) is 13.2. The van der Waals surface area contributed by atoms with Crippen LogP contribution in [0, 0.1) is 6.92 Å². The number of nitrogens with two attached hydrogens (primary N) is 1. The van der Waals surface area contributed by atoms with E-state index in [1.165, 1.54) is 0 Å². The van der Waals surface area contributed by atoms with E-state index in [0.717, 1.165) is 16.9 Å². The van der Waals surface area contributed by atoms with E-state index < -0.39 is 0 Å². The second-order valence-corrected chi connectivity index (χ2v) is 4.32. The molecule has 2 heterocycles. The third-order valence-electron chi connectivity index (χ3n) is 3.06. The van der Waals surface area contributed by atoms with E-state index in [4.69, 9.17) is 10.2 Å². The average Bonchev–Trinajstić information content (AvgIpc) is 3.07. The van der Waals surface area contributed by atoms with Crippen molar-refractivity contribution in [3.05, 3.63) is 59.8 Å². The Labute approximate surface area is 110 Å². The number of nitrogens with zero attached hydrogens (tertiary/aromatic N) is 2. The van der Waals surface area contributed by atoms with Crippen molar-refractivity contribution in [2.24, 2.45) is 5.73 Å². The minimum absolute atomic E-state index is 0.311. The maximum atomic E-state index is 6.16. The highest BCUT2D eigenvalue weighted by Crippen LogP contribution is 2.22. The van der Waals surface area contributed by atoms with Crippen LogP contribution in [0.1, 0.15) is 23.2 Å². The molecular weight excluding hydrogens is 240 g/mol. The zero-order valence-electron chi connectivity index (χ0n) is 10.5. The maximum Gasteiger partial charge on any atom is 0.184 e. The van der Waals surface area contributed by atoms with Crippen molar-refractivity contribution < 1.29 is 4.42 Å². The summed E-state index contributed by atoms with van der Waals surface area (Å²) in [6.07, 6.45) is 1.62. The molecule has 1 aromatic carbocycles. The molecule has 96 valence electrons. The molecule has 3 aromatic rings. The van der Waals surface area contributed by atoms with E-state index in [9.17, 15) is 0 Å². The highest BCUT2D eigenvalue weighted by molar-refractivity contribution is 5.56. The lowest BCUT2D eigenvalue weighted by atomic mass is 10.1. The summed E-state index contributed by atoms with van der Waals surface area (Å²) in [4.78, 5) is 4.44. The molecule has 0 saturated carbocycles. The summed E-state index contributed by atoms with van der Waals surface area (Å²) >= 11 is 0. The standard InChI is InChI=1S/C14H14N4O/c1-9-11(7-8-19-9)13-16-14(18-17-13)12(15)10-5-3-2-4-6-10/h2-8,12H,15H2,1H3,(H,16,17,18)/t12-/m0/s1. The van der Waals surface area contributed by atoms with Crippen LogP contribution in [0.4, 0.5) is 0 Å². The van der Waals surface area contributed by atoms with Gasteiger partial charge in [-0.3, -0.25) is 5.10 Å². The highest BCUT2D eigenvalue weighted by atomic mass is 16.3. The predicted molar refractivity (Wildman–Crippen MR) is 71.3 cm³/mol. The summed E-state index contributed by atoms with van der Waals surface area (Å²) in [6.45, 7) is 1.88. The van der Waals surface area contributed by atoms with Gasteiger partial charge in [-0.25, -0.2) is 4.98 Å². The smallest absolute Gasteiger partial charge is 0.184 e. The Kier molecular flexibility index (Phi) is 2.89. The van der Waals surface area contributed by atoms with Crippen LogP contribution in [0.5, 0.6) is 0 Å². The number of aromatic amines is 1. The van der Waals surface area contributed by atoms with Crippen LogP contribution in [0.3, 0.4) is 0 Å². The minimum atomic E-state index is -0.311. The van der Waals surface area contributed by atoms with Gasteiger partial charge in [-0.05, 0) is 18.6 Å². The van der Waals surface area contributed by atoms with Crippen molar-refractivity contribution in [1.29, 1.82) is 0 Å². The van der Waals surface area contributed by atoms with E-state index in [1.807, 2.05) is 43.3 Å². The molecule has 0 unspecified atom stereocenters. The van der Waals surface area contributed by atoms with Gasteiger partial charge in [0.1, 0.15) is 11.6 Å². The van der Waals surface area contributed by atoms with Crippen LogP contribution in [0.2, 0.25) is 0 Å². The first-order valence-electron chi connectivity index (χ1n) is 6.03. The molecule has 19 heavy (non-hydrogen) atoms. The fraction of sp³-hybridized carbons (Fsp3) is 0.143. The van der Waals surface area contributed by atoms with Gasteiger partial charge in [0, 0.05) is 0 Å². The number of hydrogen-bond acceptors (Lipinski definition) is 4. The van der Waals surface area contributed by atoms with Crippen LogP contribution >= 0.6 is 0 Å². The van der Waals surface area contributed by atoms with Crippen LogP contribution < -0.4 is 5.73 Å². The predicted octanol–water partition coefficient (Wildman–Crippen LogP) is 2.42. The number of H-pyrrole nitrogens is 1. The van der Waals surface area contributed by atoms with Gasteiger partial charge in [0.05, 0.1) is 17.9 Å². The number of hydrogen-bond donors (Lipinski definition) is 2. The molecule has 0 bridgehead atoms. The van der Waals surface area contributed by atoms with E-state index in [2.05, 4.69) is 15.2 Å². The molecular formula is C14H14N4O. The number of rotatable bonds is 3. The third-order valence-corrected chi connectivity index (χ3v) is 3.06. The largest absolute Gasteiger partial charge is 0.469 e. The molecule has 0 aliphatic heterocycles. The Morgan fingerprint density at radius 1 is 1.21 bits per heavy atom. The fourth-order valence-electron chi connectivity index (χ4n) is 1.97. The monoisotopic (exact) mass is 254 g/mol. The second-order valence-electron chi connectivity index (χ2n) is 4.32. The fourth-order valence-corrected chi connectivity index (χ4v) is 1.97. The zero-order valence-corrected chi connectivity index (χ0v) is 10.5. The van der Waals surface area contributed by atoms with E-state index in [-0.39, 0.29) is 6.04 Å². The van der Waals surface area contributed by atoms with Crippen molar-refractivity contribution in [3.8, 4) is 11.4 Å². The lowest BCUT2D eigenvalue weighted by Crippen LogP contribution is -2.13. The van der Waals surface area contributed by atoms with Crippen molar-refractivity contribution >= 4 is 0 Å². The molecule has 5 heteroatoms. The Bertz CT molecular complexity index is 672. The molecule has 3 N–H and O–H groups in total. The van der Waals surface area contributed by atoms with Crippen LogP contribution in [-0.4, -0.2) is 15.2 Å². The molecule has 0 saturated heterocycles. The number of nitrogens with one attached hydrogen (secondary N) is 1. The lowest BCUT2D eigenvalue weighted by Gasteiger charge is -2.07. The number of aryl methyl sites for hydroxylation is 1. The van der Waals surface area contributed by atoms with Gasteiger partial charge < -0.3 is 10.2 Å². The van der Waals surface area contributed by atoms with Gasteiger partial charge in [0.25, 0.3) is 0 Å². The van der Waals surface area contributed by atoms with Crippen molar-refractivity contribution in [2.75, 3.05) is 0 Å². The van der Waals surface area contributed by atoms with Crippen LogP contribution in [0.15, 0.2) is 47.1 Å². The summed E-state index contributed by atoms with van der Waals surface area (Å²) in [5, 5.41) is 7.08. The molecule has 2 aromatic heterocycles. The molecule has 0 aliphatic rings. The van der Waals surface area contributed by atoms with Gasteiger partial charge >= 0.3 is 0 Å². The number of benzene rings is 1. The Hall–Kier alpha value is -2.40. The summed E-state index contributed by atoms with van der Waals surface area (Å²) in [7, 11) is 0. The number of furan rings is 1. The Morgan fingerprint density at radius 3 is 2.68 bits per heavy atom. The first kappa shape index (κ1) is 11.7. The summed E-state index contributed by atoms with van der Waals surface area (Å²) in [5.41, 5.74) is 8.04. The Balaban J connectivity index is 1.92. The van der Waals surface area contributed by atoms with Gasteiger partial charge in [-0.1, -0.05) is 30.3 Å². The SMILES string of the molecule is Cc1occc1-c1n[nH]c([C@@H](N)c2ccccc2)n1. The van der Waals surface area contributed by atoms with E-state index in [0.29, 0.717) is 11.6 Å². The molecule has 3 rings (SSSR count). The van der Waals surface area contributed by atoms with E-state index >= 15 is 0 Å². The Morgan fingerprint density at radius 2 is 2.00 bits per heavy atom. The summed E-state index contributed by atoms with van der Waals surface area (Å²) in [6, 6.07) is 11.3. The van der Waals surface area contributed by atoms with Gasteiger partial charge in [0.15, 0.2) is 5.82 Å². The molecule has 0 radical (unpaired) electrons. The lowest BCUT2D eigenvalue weighted by molar-refractivity contribution is 0.535. The van der Waals surface area contributed by atoms with Crippen molar-refractivity contribution in [3.63, 3.8) is 0 Å². The molecule has 1 atom stereocenters. The van der Waals surface area contributed by atoms with Crippen LogP contribution in [-0.2, 0) is 0 Å². The average molecular weight is 254 g/mol.